The molecule has 0 fully saturated rings. The highest BCUT2D eigenvalue weighted by Gasteiger charge is 2.13. The van der Waals surface area contributed by atoms with Crippen LogP contribution in [0, 0.1) is 5.92 Å². The number of hydrogen-bond donors (Lipinski definition) is 0. The van der Waals surface area contributed by atoms with Gasteiger partial charge in [0.05, 0.1) is 6.04 Å². The first-order valence-corrected chi connectivity index (χ1v) is 5.24. The topological polar surface area (TPSA) is 48.8 Å². The third kappa shape index (κ3) is 2.76. The lowest BCUT2D eigenvalue weighted by Gasteiger charge is -2.15. The molecular weight excluding hydrogens is 242 g/mol. The summed E-state index contributed by atoms with van der Waals surface area (Å²) in [5.41, 5.74) is 9.51. The Balaban J connectivity index is 2.99. The van der Waals surface area contributed by atoms with Gasteiger partial charge in [0.15, 0.2) is 0 Å². The molecule has 3 nitrogen and oxygen atoms in total. The van der Waals surface area contributed by atoms with Gasteiger partial charge in [0.25, 0.3) is 0 Å². The summed E-state index contributed by atoms with van der Waals surface area (Å²) in [4.78, 5) is 2.87. The van der Waals surface area contributed by atoms with E-state index in [1.807, 2.05) is 38.1 Å². The van der Waals surface area contributed by atoms with Crippen molar-refractivity contribution in [3.8, 4) is 0 Å². The van der Waals surface area contributed by atoms with E-state index in [1.165, 1.54) is 0 Å². The molecule has 0 amide bonds. The second-order valence-corrected chi connectivity index (χ2v) is 4.36. The predicted molar refractivity (Wildman–Crippen MR) is 60.9 cm³/mol. The SMILES string of the molecule is CC(C)C(N=[N+]=[N-])c1ccc(Br)cc1. The summed E-state index contributed by atoms with van der Waals surface area (Å²) in [7, 11) is 0. The van der Waals surface area contributed by atoms with Crippen molar-refractivity contribution < 1.29 is 0 Å². The molecule has 74 valence electrons. The predicted octanol–water partition coefficient (Wildman–Crippen LogP) is 4.46. The minimum Gasteiger partial charge on any atom is -0.0856 e. The summed E-state index contributed by atoms with van der Waals surface area (Å²) in [6.45, 7) is 4.09. The zero-order chi connectivity index (χ0) is 10.6. The van der Waals surface area contributed by atoms with Crippen LogP contribution in [0.25, 0.3) is 10.4 Å². The molecule has 0 saturated heterocycles. The summed E-state index contributed by atoms with van der Waals surface area (Å²) in [6.07, 6.45) is 0. The van der Waals surface area contributed by atoms with Crippen LogP contribution < -0.4 is 0 Å². The lowest BCUT2D eigenvalue weighted by atomic mass is 9.97. The molecule has 1 atom stereocenters. The minimum absolute atomic E-state index is 0.0758. The first-order valence-electron chi connectivity index (χ1n) is 4.45. The molecule has 0 heterocycles. The molecule has 4 heteroatoms. The Morgan fingerprint density at radius 2 is 1.86 bits per heavy atom. The van der Waals surface area contributed by atoms with Gasteiger partial charge in [-0.15, -0.1) is 0 Å². The van der Waals surface area contributed by atoms with Crippen LogP contribution in [0.15, 0.2) is 33.9 Å². The summed E-state index contributed by atoms with van der Waals surface area (Å²) in [5, 5.41) is 3.79. The second kappa shape index (κ2) is 5.03. The molecule has 14 heavy (non-hydrogen) atoms. The summed E-state index contributed by atoms with van der Waals surface area (Å²) in [5.74, 6) is 0.312. The highest BCUT2D eigenvalue weighted by molar-refractivity contribution is 9.10. The van der Waals surface area contributed by atoms with E-state index in [1.54, 1.807) is 0 Å². The third-order valence-corrected chi connectivity index (χ3v) is 2.55. The molecule has 0 spiro atoms. The van der Waals surface area contributed by atoms with Gasteiger partial charge in [-0.05, 0) is 29.1 Å². The van der Waals surface area contributed by atoms with Crippen molar-refractivity contribution in [1.82, 2.24) is 0 Å². The van der Waals surface area contributed by atoms with Crippen LogP contribution in [0.5, 0.6) is 0 Å². The lowest BCUT2D eigenvalue weighted by Crippen LogP contribution is -2.02. The van der Waals surface area contributed by atoms with Crippen LogP contribution in [0.4, 0.5) is 0 Å². The van der Waals surface area contributed by atoms with Crippen molar-refractivity contribution in [3.05, 3.63) is 44.7 Å². The van der Waals surface area contributed by atoms with E-state index in [0.717, 1.165) is 10.0 Å². The third-order valence-electron chi connectivity index (χ3n) is 2.02. The van der Waals surface area contributed by atoms with Gasteiger partial charge in [-0.1, -0.05) is 47.0 Å². The molecule has 0 aliphatic carbocycles. The first-order chi connectivity index (χ1) is 6.65. The fourth-order valence-corrected chi connectivity index (χ4v) is 1.56. The van der Waals surface area contributed by atoms with E-state index in [-0.39, 0.29) is 6.04 Å². The van der Waals surface area contributed by atoms with E-state index in [4.69, 9.17) is 5.53 Å². The molecule has 0 aliphatic rings. The zero-order valence-electron chi connectivity index (χ0n) is 8.18. The number of hydrogen-bond acceptors (Lipinski definition) is 1. The molecule has 1 aromatic carbocycles. The van der Waals surface area contributed by atoms with Crippen molar-refractivity contribution in [3.63, 3.8) is 0 Å². The Kier molecular flexibility index (Phi) is 3.98. The molecule has 1 rings (SSSR count). The molecule has 0 N–H and O–H groups in total. The molecule has 0 radical (unpaired) electrons. The van der Waals surface area contributed by atoms with E-state index >= 15 is 0 Å². The smallest absolute Gasteiger partial charge is 0.0648 e. The average Bonchev–Trinajstić information content (AvgIpc) is 2.15. The molecule has 1 aromatic rings. The zero-order valence-corrected chi connectivity index (χ0v) is 9.77. The Bertz CT molecular complexity index is 339. The fourth-order valence-electron chi connectivity index (χ4n) is 1.30. The Hall–Kier alpha value is -0.990. The highest BCUT2D eigenvalue weighted by Crippen LogP contribution is 2.26. The summed E-state index contributed by atoms with van der Waals surface area (Å²) >= 11 is 3.37. The average molecular weight is 254 g/mol. The van der Waals surface area contributed by atoms with Crippen molar-refractivity contribution in [2.75, 3.05) is 0 Å². The molecule has 0 aliphatic heterocycles. The van der Waals surface area contributed by atoms with Gasteiger partial charge in [-0.3, -0.25) is 0 Å². The number of halogens is 1. The van der Waals surface area contributed by atoms with E-state index in [2.05, 4.69) is 26.0 Å². The molecule has 0 aromatic heterocycles. The highest BCUT2D eigenvalue weighted by atomic mass is 79.9. The van der Waals surface area contributed by atoms with Crippen LogP contribution in [0.1, 0.15) is 25.5 Å². The van der Waals surface area contributed by atoms with E-state index in [9.17, 15) is 0 Å². The summed E-state index contributed by atoms with van der Waals surface area (Å²) in [6, 6.07) is 7.79. The molecule has 1 unspecified atom stereocenters. The van der Waals surface area contributed by atoms with Crippen molar-refractivity contribution in [2.24, 2.45) is 11.0 Å². The molecule has 0 saturated carbocycles. The van der Waals surface area contributed by atoms with E-state index in [0.29, 0.717) is 5.92 Å². The van der Waals surface area contributed by atoms with Crippen molar-refractivity contribution >= 4 is 15.9 Å². The van der Waals surface area contributed by atoms with Crippen LogP contribution in [-0.4, -0.2) is 0 Å². The van der Waals surface area contributed by atoms with Gasteiger partial charge in [0.2, 0.25) is 0 Å². The van der Waals surface area contributed by atoms with E-state index < -0.39 is 0 Å². The van der Waals surface area contributed by atoms with Gasteiger partial charge in [-0.25, -0.2) is 0 Å². The normalized spacial score (nSPS) is 12.3. The molecule has 0 bridgehead atoms. The van der Waals surface area contributed by atoms with Crippen LogP contribution in [-0.2, 0) is 0 Å². The maximum absolute atomic E-state index is 8.45. The van der Waals surface area contributed by atoms with Gasteiger partial charge < -0.3 is 0 Å². The number of benzene rings is 1. The molecular formula is C10H12BrN3. The Morgan fingerprint density at radius 3 is 2.29 bits per heavy atom. The Labute approximate surface area is 91.9 Å². The lowest BCUT2D eigenvalue weighted by molar-refractivity contribution is 0.512. The number of nitrogens with zero attached hydrogens (tertiary/aromatic N) is 3. The fraction of sp³-hybridized carbons (Fsp3) is 0.400. The van der Waals surface area contributed by atoms with Crippen molar-refractivity contribution in [1.29, 1.82) is 0 Å². The number of rotatable bonds is 3. The quantitative estimate of drug-likeness (QED) is 0.434. The maximum atomic E-state index is 8.45. The van der Waals surface area contributed by atoms with Crippen LogP contribution in [0.3, 0.4) is 0 Å². The standard InChI is InChI=1S/C10H12BrN3/c1-7(2)10(13-14-12)8-3-5-9(11)6-4-8/h3-7,10H,1-2H3. The van der Waals surface area contributed by atoms with Gasteiger partial charge in [0.1, 0.15) is 0 Å². The van der Waals surface area contributed by atoms with Gasteiger partial charge >= 0.3 is 0 Å². The first kappa shape index (κ1) is 11.1. The van der Waals surface area contributed by atoms with Crippen LogP contribution in [0.2, 0.25) is 0 Å². The number of azide groups is 1. The largest absolute Gasteiger partial charge is 0.0856 e. The minimum atomic E-state index is -0.0758. The second-order valence-electron chi connectivity index (χ2n) is 3.45. The van der Waals surface area contributed by atoms with Gasteiger partial charge in [-0.2, -0.15) is 0 Å². The summed E-state index contributed by atoms with van der Waals surface area (Å²) < 4.78 is 1.03. The Morgan fingerprint density at radius 1 is 1.29 bits per heavy atom. The maximum Gasteiger partial charge on any atom is 0.0648 e. The monoisotopic (exact) mass is 253 g/mol. The van der Waals surface area contributed by atoms with Crippen LogP contribution >= 0.6 is 15.9 Å². The van der Waals surface area contributed by atoms with Gasteiger partial charge in [0, 0.05) is 9.38 Å². The van der Waals surface area contributed by atoms with Crippen molar-refractivity contribution in [2.45, 2.75) is 19.9 Å².